The van der Waals surface area contributed by atoms with Crippen LogP contribution in [0.5, 0.6) is 5.75 Å². The van der Waals surface area contributed by atoms with E-state index in [-0.39, 0.29) is 11.9 Å². The van der Waals surface area contributed by atoms with Crippen LogP contribution in [-0.2, 0) is 4.79 Å². The summed E-state index contributed by atoms with van der Waals surface area (Å²) < 4.78 is 5.78. The number of nitrogens with zero attached hydrogens (tertiary/aromatic N) is 2. The molecule has 5 nitrogen and oxygen atoms in total. The lowest BCUT2D eigenvalue weighted by Crippen LogP contribution is -2.44. The summed E-state index contributed by atoms with van der Waals surface area (Å²) >= 11 is 6.08. The van der Waals surface area contributed by atoms with E-state index >= 15 is 0 Å². The highest BCUT2D eigenvalue weighted by molar-refractivity contribution is 6.31. The van der Waals surface area contributed by atoms with Gasteiger partial charge < -0.3 is 19.9 Å². The molecule has 6 heteroatoms. The van der Waals surface area contributed by atoms with Gasteiger partial charge >= 0.3 is 0 Å². The first-order valence-corrected chi connectivity index (χ1v) is 9.65. The zero-order valence-electron chi connectivity index (χ0n) is 15.0. The first kappa shape index (κ1) is 18.3. The maximum atomic E-state index is 12.3. The summed E-state index contributed by atoms with van der Waals surface area (Å²) in [6, 6.07) is 5.63. The first-order valence-electron chi connectivity index (χ1n) is 9.28. The number of halogens is 1. The van der Waals surface area contributed by atoms with Crippen LogP contribution in [0.2, 0.25) is 5.02 Å². The highest BCUT2D eigenvalue weighted by Gasteiger charge is 2.26. The van der Waals surface area contributed by atoms with Crippen LogP contribution in [0.3, 0.4) is 0 Å². The number of amides is 1. The fraction of sp³-hybridized carbons (Fsp3) is 0.632. The predicted octanol–water partition coefficient (Wildman–Crippen LogP) is 2.92. The summed E-state index contributed by atoms with van der Waals surface area (Å²) in [4.78, 5) is 16.8. The Morgan fingerprint density at radius 3 is 2.92 bits per heavy atom. The van der Waals surface area contributed by atoms with E-state index in [1.807, 2.05) is 25.2 Å². The van der Waals surface area contributed by atoms with E-state index in [1.165, 1.54) is 32.4 Å². The van der Waals surface area contributed by atoms with Gasteiger partial charge in [-0.3, -0.25) is 4.79 Å². The molecule has 0 radical (unpaired) electrons. The Kier molecular flexibility index (Phi) is 6.43. The van der Waals surface area contributed by atoms with Crippen molar-refractivity contribution in [3.63, 3.8) is 0 Å². The minimum atomic E-state index is 0.0352. The van der Waals surface area contributed by atoms with Crippen molar-refractivity contribution in [2.75, 3.05) is 44.7 Å². The van der Waals surface area contributed by atoms with Gasteiger partial charge in [-0.05, 0) is 57.1 Å². The predicted molar refractivity (Wildman–Crippen MR) is 102 cm³/mol. The number of ether oxygens (including phenoxy) is 1. The third-order valence-corrected chi connectivity index (χ3v) is 5.36. The Labute approximate surface area is 155 Å². The van der Waals surface area contributed by atoms with E-state index in [9.17, 15) is 4.79 Å². The number of likely N-dealkylation sites (tertiary alicyclic amines) is 1. The standard InChI is InChI=1S/C19H28ClN3O2/c1-22-16(14-25-18-7-6-15(20)12-17(18)22)13-19(24)21-8-5-11-23-9-3-2-4-10-23/h6-7,12,16H,2-5,8-11,13-14H2,1H3,(H,21,24)/t16-/m0/s1. The van der Waals surface area contributed by atoms with E-state index in [2.05, 4.69) is 15.1 Å². The molecule has 2 aliphatic heterocycles. The van der Waals surface area contributed by atoms with Crippen LogP contribution in [0.1, 0.15) is 32.1 Å². The summed E-state index contributed by atoms with van der Waals surface area (Å²) in [6.07, 6.45) is 5.43. The number of rotatable bonds is 6. The number of likely N-dealkylation sites (N-methyl/N-ethyl adjacent to an activating group) is 1. The van der Waals surface area contributed by atoms with Crippen LogP contribution in [0.4, 0.5) is 5.69 Å². The van der Waals surface area contributed by atoms with Gasteiger partial charge in [-0.15, -0.1) is 0 Å². The van der Waals surface area contributed by atoms with Crippen LogP contribution >= 0.6 is 11.6 Å². The molecule has 1 atom stereocenters. The summed E-state index contributed by atoms with van der Waals surface area (Å²) in [5.74, 6) is 0.912. The molecule has 1 saturated heterocycles. The van der Waals surface area contributed by atoms with E-state index in [4.69, 9.17) is 16.3 Å². The van der Waals surface area contributed by atoms with Crippen molar-refractivity contribution >= 4 is 23.2 Å². The first-order chi connectivity index (χ1) is 12.1. The van der Waals surface area contributed by atoms with Crippen molar-refractivity contribution in [3.05, 3.63) is 23.2 Å². The number of hydrogen-bond acceptors (Lipinski definition) is 4. The molecule has 0 saturated carbocycles. The Morgan fingerprint density at radius 1 is 1.32 bits per heavy atom. The number of carbonyl (C=O) groups is 1. The Morgan fingerprint density at radius 2 is 2.12 bits per heavy atom. The van der Waals surface area contributed by atoms with Crippen molar-refractivity contribution in [2.45, 2.75) is 38.1 Å². The van der Waals surface area contributed by atoms with Crippen molar-refractivity contribution < 1.29 is 9.53 Å². The Hall–Kier alpha value is -1.46. The van der Waals surface area contributed by atoms with Crippen LogP contribution in [-0.4, -0.2) is 56.7 Å². The molecule has 138 valence electrons. The van der Waals surface area contributed by atoms with Gasteiger partial charge in [0.2, 0.25) is 5.91 Å². The van der Waals surface area contributed by atoms with E-state index < -0.39 is 0 Å². The summed E-state index contributed by atoms with van der Waals surface area (Å²) in [5, 5.41) is 3.73. The maximum absolute atomic E-state index is 12.3. The van der Waals surface area contributed by atoms with Crippen LogP contribution in [0.25, 0.3) is 0 Å². The lowest BCUT2D eigenvalue weighted by Gasteiger charge is -2.35. The minimum Gasteiger partial charge on any atom is -0.489 e. The third-order valence-electron chi connectivity index (χ3n) is 5.12. The van der Waals surface area contributed by atoms with E-state index in [1.54, 1.807) is 0 Å². The monoisotopic (exact) mass is 365 g/mol. The van der Waals surface area contributed by atoms with Crippen molar-refractivity contribution in [1.29, 1.82) is 0 Å². The van der Waals surface area contributed by atoms with Gasteiger partial charge in [-0.25, -0.2) is 0 Å². The molecular formula is C19H28ClN3O2. The van der Waals surface area contributed by atoms with Gasteiger partial charge in [0, 0.05) is 18.6 Å². The molecule has 3 rings (SSSR count). The van der Waals surface area contributed by atoms with Crippen molar-refractivity contribution in [2.24, 2.45) is 0 Å². The second-order valence-electron chi connectivity index (χ2n) is 7.00. The average Bonchev–Trinajstić information content (AvgIpc) is 2.62. The average molecular weight is 366 g/mol. The van der Waals surface area contributed by atoms with Crippen molar-refractivity contribution in [3.8, 4) is 5.75 Å². The lowest BCUT2D eigenvalue weighted by molar-refractivity contribution is -0.121. The summed E-state index contributed by atoms with van der Waals surface area (Å²) in [6.45, 7) is 4.76. The number of anilines is 1. The number of hydrogen-bond donors (Lipinski definition) is 1. The highest BCUT2D eigenvalue weighted by Crippen LogP contribution is 2.35. The number of nitrogens with one attached hydrogen (secondary N) is 1. The smallest absolute Gasteiger partial charge is 0.222 e. The maximum Gasteiger partial charge on any atom is 0.222 e. The molecule has 0 bridgehead atoms. The number of fused-ring (bicyclic) bond motifs is 1. The third kappa shape index (κ3) is 5.02. The van der Waals surface area contributed by atoms with Crippen molar-refractivity contribution in [1.82, 2.24) is 10.2 Å². The van der Waals surface area contributed by atoms with Crippen LogP contribution in [0, 0.1) is 0 Å². The molecule has 1 fully saturated rings. The van der Waals surface area contributed by atoms with Gasteiger partial charge in [0.25, 0.3) is 0 Å². The molecule has 0 unspecified atom stereocenters. The molecular weight excluding hydrogens is 338 g/mol. The number of carbonyl (C=O) groups excluding carboxylic acids is 1. The second kappa shape index (κ2) is 8.77. The zero-order valence-corrected chi connectivity index (χ0v) is 15.7. The molecule has 2 aliphatic rings. The molecule has 0 aliphatic carbocycles. The SMILES string of the molecule is CN1c2cc(Cl)ccc2OC[C@@H]1CC(=O)NCCCN1CCCCC1. The summed E-state index contributed by atoms with van der Waals surface area (Å²) in [7, 11) is 1.99. The normalized spacial score (nSPS) is 20.7. The topological polar surface area (TPSA) is 44.8 Å². The lowest BCUT2D eigenvalue weighted by atomic mass is 10.1. The summed E-state index contributed by atoms with van der Waals surface area (Å²) in [5.41, 5.74) is 0.946. The quantitative estimate of drug-likeness (QED) is 0.787. The minimum absolute atomic E-state index is 0.0352. The van der Waals surface area contributed by atoms with Gasteiger partial charge in [0.15, 0.2) is 0 Å². The molecule has 2 heterocycles. The number of benzene rings is 1. The molecule has 25 heavy (non-hydrogen) atoms. The molecule has 1 amide bonds. The fourth-order valence-electron chi connectivity index (χ4n) is 3.58. The molecule has 0 aromatic heterocycles. The molecule has 1 aromatic rings. The molecule has 1 N–H and O–H groups in total. The fourth-order valence-corrected chi connectivity index (χ4v) is 3.74. The molecule has 1 aromatic carbocycles. The Balaban J connectivity index is 1.40. The van der Waals surface area contributed by atoms with E-state index in [0.29, 0.717) is 18.1 Å². The van der Waals surface area contributed by atoms with Gasteiger partial charge in [-0.1, -0.05) is 18.0 Å². The molecule has 0 spiro atoms. The van der Waals surface area contributed by atoms with E-state index in [0.717, 1.165) is 30.9 Å². The van der Waals surface area contributed by atoms with Crippen LogP contribution in [0.15, 0.2) is 18.2 Å². The Bertz CT molecular complexity index is 590. The largest absolute Gasteiger partial charge is 0.489 e. The van der Waals surface area contributed by atoms with Gasteiger partial charge in [0.1, 0.15) is 12.4 Å². The number of piperidine rings is 1. The van der Waals surface area contributed by atoms with Crippen LogP contribution < -0.4 is 15.0 Å². The van der Waals surface area contributed by atoms with Gasteiger partial charge in [-0.2, -0.15) is 0 Å². The van der Waals surface area contributed by atoms with Gasteiger partial charge in [0.05, 0.1) is 18.2 Å². The highest BCUT2D eigenvalue weighted by atomic mass is 35.5. The second-order valence-corrected chi connectivity index (χ2v) is 7.43. The zero-order chi connectivity index (χ0) is 17.6.